The van der Waals surface area contributed by atoms with Crippen molar-refractivity contribution in [3.63, 3.8) is 0 Å². The third kappa shape index (κ3) is 3.39. The third-order valence-electron chi connectivity index (χ3n) is 2.60. The van der Waals surface area contributed by atoms with Gasteiger partial charge in [-0.25, -0.2) is 0 Å². The quantitative estimate of drug-likeness (QED) is 0.588. The number of rotatable bonds is 6. The fraction of sp³-hybridized carbons (Fsp3) is 0.200. The average molecular weight is 257 g/mol. The molecular weight excluding hydrogens is 242 g/mol. The van der Waals surface area contributed by atoms with Crippen LogP contribution in [0.25, 0.3) is 0 Å². The normalized spacial score (nSPS) is 10.2. The van der Waals surface area contributed by atoms with Crippen LogP contribution in [0.1, 0.15) is 15.9 Å². The molecule has 0 saturated carbocycles. The largest absolute Gasteiger partial charge is 0.490 e. The SMILES string of the molecule is COCCOc1ccccc1C(=O)c1cccnc1. The van der Waals surface area contributed by atoms with Gasteiger partial charge in [0.15, 0.2) is 5.78 Å². The first-order valence-corrected chi connectivity index (χ1v) is 5.98. The van der Waals surface area contributed by atoms with Gasteiger partial charge in [0.2, 0.25) is 0 Å². The van der Waals surface area contributed by atoms with E-state index < -0.39 is 0 Å². The molecule has 4 nitrogen and oxygen atoms in total. The first-order valence-electron chi connectivity index (χ1n) is 5.98. The number of methoxy groups -OCH3 is 1. The Labute approximate surface area is 112 Å². The maximum atomic E-state index is 12.3. The van der Waals surface area contributed by atoms with Gasteiger partial charge in [-0.15, -0.1) is 0 Å². The number of hydrogen-bond acceptors (Lipinski definition) is 4. The lowest BCUT2D eigenvalue weighted by molar-refractivity contribution is 0.103. The van der Waals surface area contributed by atoms with Crippen LogP contribution < -0.4 is 4.74 Å². The molecular formula is C15H15NO3. The molecule has 0 atom stereocenters. The lowest BCUT2D eigenvalue weighted by atomic mass is 10.0. The van der Waals surface area contributed by atoms with Crippen LogP contribution >= 0.6 is 0 Å². The molecule has 19 heavy (non-hydrogen) atoms. The van der Waals surface area contributed by atoms with Gasteiger partial charge in [-0.2, -0.15) is 0 Å². The van der Waals surface area contributed by atoms with Crippen LogP contribution in [0.2, 0.25) is 0 Å². The maximum absolute atomic E-state index is 12.3. The molecule has 0 radical (unpaired) electrons. The highest BCUT2D eigenvalue weighted by molar-refractivity contribution is 6.10. The molecule has 0 spiro atoms. The van der Waals surface area contributed by atoms with Gasteiger partial charge in [0.1, 0.15) is 12.4 Å². The molecule has 0 unspecified atom stereocenters. The summed E-state index contributed by atoms with van der Waals surface area (Å²) in [5, 5.41) is 0. The number of benzene rings is 1. The molecule has 1 aromatic heterocycles. The average Bonchev–Trinajstić information content (AvgIpc) is 2.48. The van der Waals surface area contributed by atoms with Crippen molar-refractivity contribution in [3.05, 3.63) is 59.9 Å². The molecule has 0 fully saturated rings. The van der Waals surface area contributed by atoms with E-state index in [1.165, 1.54) is 0 Å². The highest BCUT2D eigenvalue weighted by Gasteiger charge is 2.14. The van der Waals surface area contributed by atoms with Crippen molar-refractivity contribution in [2.45, 2.75) is 0 Å². The number of carbonyl (C=O) groups is 1. The second-order valence-corrected chi connectivity index (χ2v) is 3.91. The Bertz CT molecular complexity index is 540. The molecule has 2 aromatic rings. The Morgan fingerprint density at radius 3 is 2.74 bits per heavy atom. The zero-order chi connectivity index (χ0) is 13.5. The Hall–Kier alpha value is -2.20. The molecule has 0 aliphatic rings. The minimum atomic E-state index is -0.0962. The van der Waals surface area contributed by atoms with Gasteiger partial charge in [-0.05, 0) is 24.3 Å². The lowest BCUT2D eigenvalue weighted by Gasteiger charge is -2.10. The van der Waals surface area contributed by atoms with E-state index in [-0.39, 0.29) is 5.78 Å². The standard InChI is InChI=1S/C15H15NO3/c1-18-9-10-19-14-7-3-2-6-13(14)15(17)12-5-4-8-16-11-12/h2-8,11H,9-10H2,1H3. The lowest BCUT2D eigenvalue weighted by Crippen LogP contribution is -2.09. The number of aromatic nitrogens is 1. The molecule has 0 amide bonds. The van der Waals surface area contributed by atoms with E-state index in [1.807, 2.05) is 12.1 Å². The number of ether oxygens (including phenoxy) is 2. The summed E-state index contributed by atoms with van der Waals surface area (Å²) < 4.78 is 10.5. The van der Waals surface area contributed by atoms with Crippen LogP contribution in [0.15, 0.2) is 48.8 Å². The molecule has 0 N–H and O–H groups in total. The zero-order valence-electron chi connectivity index (χ0n) is 10.7. The van der Waals surface area contributed by atoms with Gasteiger partial charge >= 0.3 is 0 Å². The van der Waals surface area contributed by atoms with E-state index in [0.29, 0.717) is 30.1 Å². The van der Waals surface area contributed by atoms with Crippen molar-refractivity contribution in [2.24, 2.45) is 0 Å². The molecule has 1 aromatic carbocycles. The molecule has 0 aliphatic carbocycles. The second kappa shape index (κ2) is 6.66. The predicted molar refractivity (Wildman–Crippen MR) is 71.5 cm³/mol. The number of carbonyl (C=O) groups excluding carboxylic acids is 1. The van der Waals surface area contributed by atoms with Crippen LogP contribution in [-0.2, 0) is 4.74 Å². The van der Waals surface area contributed by atoms with E-state index in [2.05, 4.69) is 4.98 Å². The summed E-state index contributed by atoms with van der Waals surface area (Å²) in [6.07, 6.45) is 3.19. The van der Waals surface area contributed by atoms with Gasteiger partial charge in [0, 0.05) is 25.1 Å². The molecule has 2 rings (SSSR count). The number of pyridine rings is 1. The summed E-state index contributed by atoms with van der Waals surface area (Å²) in [4.78, 5) is 16.3. The fourth-order valence-corrected chi connectivity index (χ4v) is 1.67. The summed E-state index contributed by atoms with van der Waals surface area (Å²) in [5.74, 6) is 0.467. The van der Waals surface area contributed by atoms with Crippen molar-refractivity contribution in [2.75, 3.05) is 20.3 Å². The monoisotopic (exact) mass is 257 g/mol. The van der Waals surface area contributed by atoms with E-state index >= 15 is 0 Å². The summed E-state index contributed by atoms with van der Waals surface area (Å²) >= 11 is 0. The van der Waals surface area contributed by atoms with Crippen molar-refractivity contribution in [1.29, 1.82) is 0 Å². The van der Waals surface area contributed by atoms with Gasteiger partial charge in [0.05, 0.1) is 12.2 Å². The van der Waals surface area contributed by atoms with Crippen LogP contribution in [0.4, 0.5) is 0 Å². The van der Waals surface area contributed by atoms with Crippen molar-refractivity contribution < 1.29 is 14.3 Å². The van der Waals surface area contributed by atoms with E-state index in [9.17, 15) is 4.79 Å². The molecule has 0 saturated heterocycles. The maximum Gasteiger partial charge on any atom is 0.198 e. The van der Waals surface area contributed by atoms with Gasteiger partial charge in [-0.1, -0.05) is 12.1 Å². The minimum Gasteiger partial charge on any atom is -0.490 e. The predicted octanol–water partition coefficient (Wildman–Crippen LogP) is 2.34. The van der Waals surface area contributed by atoms with Crippen LogP contribution in [-0.4, -0.2) is 31.1 Å². The third-order valence-corrected chi connectivity index (χ3v) is 2.60. The molecule has 1 heterocycles. The number of nitrogens with zero attached hydrogens (tertiary/aromatic N) is 1. The molecule has 0 aliphatic heterocycles. The Balaban J connectivity index is 2.22. The molecule has 98 valence electrons. The van der Waals surface area contributed by atoms with Crippen LogP contribution in [0.3, 0.4) is 0 Å². The summed E-state index contributed by atoms with van der Waals surface area (Å²) in [6.45, 7) is 0.892. The summed E-state index contributed by atoms with van der Waals surface area (Å²) in [5.41, 5.74) is 1.08. The Kier molecular flexibility index (Phi) is 4.64. The first kappa shape index (κ1) is 13.2. The molecule has 4 heteroatoms. The number of ketones is 1. The summed E-state index contributed by atoms with van der Waals surface area (Å²) in [6, 6.07) is 10.6. The van der Waals surface area contributed by atoms with Crippen LogP contribution in [0.5, 0.6) is 5.75 Å². The van der Waals surface area contributed by atoms with Gasteiger partial charge < -0.3 is 9.47 Å². The minimum absolute atomic E-state index is 0.0962. The Morgan fingerprint density at radius 1 is 1.16 bits per heavy atom. The molecule has 0 bridgehead atoms. The van der Waals surface area contributed by atoms with E-state index in [4.69, 9.17) is 9.47 Å². The highest BCUT2D eigenvalue weighted by Crippen LogP contribution is 2.21. The Morgan fingerprint density at radius 2 is 2.00 bits per heavy atom. The summed E-state index contributed by atoms with van der Waals surface area (Å²) in [7, 11) is 1.61. The van der Waals surface area contributed by atoms with Crippen LogP contribution in [0, 0.1) is 0 Å². The topological polar surface area (TPSA) is 48.4 Å². The zero-order valence-corrected chi connectivity index (χ0v) is 10.7. The van der Waals surface area contributed by atoms with E-state index in [0.717, 1.165) is 0 Å². The fourth-order valence-electron chi connectivity index (χ4n) is 1.67. The van der Waals surface area contributed by atoms with Crippen molar-refractivity contribution >= 4 is 5.78 Å². The van der Waals surface area contributed by atoms with E-state index in [1.54, 1.807) is 43.8 Å². The number of hydrogen-bond donors (Lipinski definition) is 0. The van der Waals surface area contributed by atoms with Gasteiger partial charge in [-0.3, -0.25) is 9.78 Å². The van der Waals surface area contributed by atoms with Crippen molar-refractivity contribution in [1.82, 2.24) is 4.98 Å². The second-order valence-electron chi connectivity index (χ2n) is 3.91. The number of para-hydroxylation sites is 1. The van der Waals surface area contributed by atoms with Crippen molar-refractivity contribution in [3.8, 4) is 5.75 Å². The first-order chi connectivity index (χ1) is 9.33. The van der Waals surface area contributed by atoms with Gasteiger partial charge in [0.25, 0.3) is 0 Å². The smallest absolute Gasteiger partial charge is 0.198 e. The highest BCUT2D eigenvalue weighted by atomic mass is 16.5.